The molecule has 0 spiro atoms. The van der Waals surface area contributed by atoms with E-state index in [-0.39, 0.29) is 5.91 Å². The van der Waals surface area contributed by atoms with Crippen LogP contribution in [0.1, 0.15) is 15.2 Å². The number of hydrogen-bond donors (Lipinski definition) is 1. The lowest BCUT2D eigenvalue weighted by atomic mass is 10.1. The first kappa shape index (κ1) is 13.4. The molecule has 2 aliphatic rings. The van der Waals surface area contributed by atoms with Crippen molar-refractivity contribution in [3.8, 4) is 0 Å². The molecular formula is C13H18ClN3OS. The summed E-state index contributed by atoms with van der Waals surface area (Å²) in [7, 11) is 0. The summed E-state index contributed by atoms with van der Waals surface area (Å²) in [5.41, 5.74) is 0.995. The molecule has 2 aliphatic heterocycles. The minimum absolute atomic E-state index is 0.0921. The van der Waals surface area contributed by atoms with Gasteiger partial charge in [0.2, 0.25) is 0 Å². The lowest BCUT2D eigenvalue weighted by molar-refractivity contribution is 0.0231. The number of aryl methyl sites for hydroxylation is 1. The first-order chi connectivity index (χ1) is 9.16. The summed E-state index contributed by atoms with van der Waals surface area (Å²) in [5.74, 6) is 0.0921. The molecular weight excluding hydrogens is 282 g/mol. The Bertz CT molecular complexity index is 478. The molecule has 0 aliphatic carbocycles. The predicted octanol–water partition coefficient (Wildman–Crippen LogP) is 1.44. The smallest absolute Gasteiger partial charge is 0.265 e. The molecule has 19 heavy (non-hydrogen) atoms. The average molecular weight is 300 g/mol. The highest BCUT2D eigenvalue weighted by Crippen LogP contribution is 2.30. The van der Waals surface area contributed by atoms with Crippen LogP contribution in [-0.4, -0.2) is 61.0 Å². The largest absolute Gasteiger partial charge is 0.335 e. The van der Waals surface area contributed by atoms with Crippen molar-refractivity contribution in [2.45, 2.75) is 13.0 Å². The SMILES string of the molecule is Cc1csc(C(=O)N2CC(N3CCNCC3)C2)c1Cl. The van der Waals surface area contributed by atoms with Gasteiger partial charge in [0.05, 0.1) is 5.02 Å². The average Bonchev–Trinajstić information content (AvgIpc) is 2.69. The zero-order valence-corrected chi connectivity index (χ0v) is 12.6. The second kappa shape index (κ2) is 5.40. The molecule has 2 saturated heterocycles. The minimum Gasteiger partial charge on any atom is -0.335 e. The molecule has 104 valence electrons. The van der Waals surface area contributed by atoms with Gasteiger partial charge in [0.15, 0.2) is 0 Å². The summed E-state index contributed by atoms with van der Waals surface area (Å²) in [5, 5.41) is 5.92. The Kier molecular flexibility index (Phi) is 3.80. The normalized spacial score (nSPS) is 21.5. The number of amides is 1. The van der Waals surface area contributed by atoms with Crippen LogP contribution < -0.4 is 5.32 Å². The van der Waals surface area contributed by atoms with Gasteiger partial charge < -0.3 is 10.2 Å². The fourth-order valence-electron chi connectivity index (χ4n) is 2.62. The molecule has 4 nitrogen and oxygen atoms in total. The molecule has 0 bridgehead atoms. The fraction of sp³-hybridized carbons (Fsp3) is 0.615. The fourth-order valence-corrected chi connectivity index (χ4v) is 3.86. The number of likely N-dealkylation sites (tertiary alicyclic amines) is 1. The van der Waals surface area contributed by atoms with Crippen LogP contribution in [0.25, 0.3) is 0 Å². The van der Waals surface area contributed by atoms with E-state index in [2.05, 4.69) is 10.2 Å². The van der Waals surface area contributed by atoms with Crippen molar-refractivity contribution >= 4 is 28.8 Å². The maximum Gasteiger partial charge on any atom is 0.265 e. The Labute approximate surface area is 122 Å². The summed E-state index contributed by atoms with van der Waals surface area (Å²) in [4.78, 5) is 17.4. The Hall–Kier alpha value is -0.620. The number of nitrogens with zero attached hydrogens (tertiary/aromatic N) is 2. The van der Waals surface area contributed by atoms with Crippen LogP contribution in [0.2, 0.25) is 5.02 Å². The summed E-state index contributed by atoms with van der Waals surface area (Å²) in [6, 6.07) is 0.533. The molecule has 3 heterocycles. The van der Waals surface area contributed by atoms with Crippen LogP contribution in [0.3, 0.4) is 0 Å². The van der Waals surface area contributed by atoms with Crippen LogP contribution in [0, 0.1) is 6.92 Å². The van der Waals surface area contributed by atoms with E-state index < -0.39 is 0 Å². The van der Waals surface area contributed by atoms with Gasteiger partial charge >= 0.3 is 0 Å². The standard InChI is InChI=1S/C13H18ClN3OS/c1-9-8-19-12(11(9)14)13(18)17-6-10(7-17)16-4-2-15-3-5-16/h8,10,15H,2-7H2,1H3. The zero-order valence-electron chi connectivity index (χ0n) is 11.0. The van der Waals surface area contributed by atoms with Crippen LogP contribution in [0.4, 0.5) is 0 Å². The van der Waals surface area contributed by atoms with Crippen molar-refractivity contribution in [2.75, 3.05) is 39.3 Å². The van der Waals surface area contributed by atoms with E-state index in [1.54, 1.807) is 0 Å². The predicted molar refractivity (Wildman–Crippen MR) is 78.2 cm³/mol. The summed E-state index contributed by atoms with van der Waals surface area (Å²) in [6.45, 7) is 7.91. The molecule has 0 radical (unpaired) electrons. The van der Waals surface area contributed by atoms with Gasteiger partial charge in [-0.1, -0.05) is 11.6 Å². The van der Waals surface area contributed by atoms with Crippen molar-refractivity contribution in [2.24, 2.45) is 0 Å². The number of carbonyl (C=O) groups excluding carboxylic acids is 1. The lowest BCUT2D eigenvalue weighted by Crippen LogP contribution is -2.63. The Morgan fingerprint density at radius 2 is 2.11 bits per heavy atom. The highest BCUT2D eigenvalue weighted by atomic mass is 35.5. The first-order valence-corrected chi connectivity index (χ1v) is 7.90. The molecule has 1 N–H and O–H groups in total. The van der Waals surface area contributed by atoms with Crippen LogP contribution in [-0.2, 0) is 0 Å². The van der Waals surface area contributed by atoms with Gasteiger partial charge in [0, 0.05) is 45.3 Å². The zero-order chi connectivity index (χ0) is 13.4. The van der Waals surface area contributed by atoms with Crippen molar-refractivity contribution in [1.82, 2.24) is 15.1 Å². The van der Waals surface area contributed by atoms with Crippen molar-refractivity contribution < 1.29 is 4.79 Å². The van der Waals surface area contributed by atoms with Gasteiger partial charge in [-0.2, -0.15) is 0 Å². The third kappa shape index (κ3) is 2.52. The van der Waals surface area contributed by atoms with Gasteiger partial charge in [0.1, 0.15) is 4.88 Å². The Morgan fingerprint density at radius 3 is 2.68 bits per heavy atom. The van der Waals surface area contributed by atoms with E-state index in [0.717, 1.165) is 44.8 Å². The van der Waals surface area contributed by atoms with Crippen molar-refractivity contribution in [1.29, 1.82) is 0 Å². The molecule has 0 saturated carbocycles. The van der Waals surface area contributed by atoms with Gasteiger partial charge in [-0.05, 0) is 17.9 Å². The monoisotopic (exact) mass is 299 g/mol. The summed E-state index contributed by atoms with van der Waals surface area (Å²) >= 11 is 7.61. The highest BCUT2D eigenvalue weighted by Gasteiger charge is 2.36. The molecule has 1 aromatic heterocycles. The van der Waals surface area contributed by atoms with E-state index >= 15 is 0 Å². The van der Waals surface area contributed by atoms with Crippen LogP contribution >= 0.6 is 22.9 Å². The Balaban J connectivity index is 1.58. The number of carbonyl (C=O) groups is 1. The molecule has 0 atom stereocenters. The van der Waals surface area contributed by atoms with Crippen LogP contribution in [0.15, 0.2) is 5.38 Å². The number of piperazine rings is 1. The highest BCUT2D eigenvalue weighted by molar-refractivity contribution is 7.13. The molecule has 0 unspecified atom stereocenters. The van der Waals surface area contributed by atoms with Crippen molar-refractivity contribution in [3.63, 3.8) is 0 Å². The first-order valence-electron chi connectivity index (χ1n) is 6.64. The number of rotatable bonds is 2. The number of thiophene rings is 1. The van der Waals surface area contributed by atoms with Crippen LogP contribution in [0.5, 0.6) is 0 Å². The number of nitrogens with one attached hydrogen (secondary N) is 1. The molecule has 2 fully saturated rings. The van der Waals surface area contributed by atoms with E-state index in [1.165, 1.54) is 11.3 Å². The third-order valence-corrected chi connectivity index (χ3v) is 5.60. The Morgan fingerprint density at radius 1 is 1.42 bits per heavy atom. The van der Waals surface area contributed by atoms with Gasteiger partial charge in [-0.3, -0.25) is 9.69 Å². The van der Waals surface area contributed by atoms with E-state index in [1.807, 2.05) is 17.2 Å². The maximum absolute atomic E-state index is 12.3. The summed E-state index contributed by atoms with van der Waals surface area (Å²) in [6.07, 6.45) is 0. The van der Waals surface area contributed by atoms with Gasteiger partial charge in [-0.15, -0.1) is 11.3 Å². The minimum atomic E-state index is 0.0921. The molecule has 1 amide bonds. The topological polar surface area (TPSA) is 35.6 Å². The molecule has 1 aromatic rings. The van der Waals surface area contributed by atoms with E-state index in [4.69, 9.17) is 11.6 Å². The molecule has 6 heteroatoms. The quantitative estimate of drug-likeness (QED) is 0.898. The maximum atomic E-state index is 12.3. The van der Waals surface area contributed by atoms with E-state index in [0.29, 0.717) is 15.9 Å². The molecule has 3 rings (SSSR count). The second-order valence-corrected chi connectivity index (χ2v) is 6.47. The second-order valence-electron chi connectivity index (χ2n) is 5.21. The van der Waals surface area contributed by atoms with E-state index in [9.17, 15) is 4.79 Å². The van der Waals surface area contributed by atoms with Crippen molar-refractivity contribution in [3.05, 3.63) is 20.8 Å². The molecule has 0 aromatic carbocycles. The van der Waals surface area contributed by atoms with Gasteiger partial charge in [-0.25, -0.2) is 0 Å². The number of halogens is 1. The lowest BCUT2D eigenvalue weighted by Gasteiger charge is -2.46. The van der Waals surface area contributed by atoms with Gasteiger partial charge in [0.25, 0.3) is 5.91 Å². The summed E-state index contributed by atoms with van der Waals surface area (Å²) < 4.78 is 0. The third-order valence-electron chi connectivity index (χ3n) is 3.91. The number of hydrogen-bond acceptors (Lipinski definition) is 4.